The lowest BCUT2D eigenvalue weighted by molar-refractivity contribution is 0.0943. The van der Waals surface area contributed by atoms with Gasteiger partial charge in [-0.3, -0.25) is 15.6 Å². The second-order valence-electron chi connectivity index (χ2n) is 4.19. The third kappa shape index (κ3) is 5.09. The van der Waals surface area contributed by atoms with E-state index in [0.717, 1.165) is 6.07 Å². The molecule has 0 fully saturated rings. The average molecular weight is 269 g/mol. The fraction of sp³-hybridized carbons (Fsp3) is 0.333. The minimum Gasteiger partial charge on any atom is -0.361 e. The molecule has 1 rings (SSSR count). The largest absolute Gasteiger partial charge is 0.361 e. The molecule has 98 valence electrons. The number of carbonyl (C=O) groups excluding carboxylic acids is 1. The van der Waals surface area contributed by atoms with Gasteiger partial charge in [0.05, 0.1) is 0 Å². The Labute approximate surface area is 111 Å². The smallest absolute Gasteiger partial charge is 0.269 e. The minimum absolute atomic E-state index is 0.231. The maximum absolute atomic E-state index is 12.9. The summed E-state index contributed by atoms with van der Waals surface area (Å²) in [5.41, 5.74) is 5.18. The summed E-state index contributed by atoms with van der Waals surface area (Å²) in [4.78, 5) is 11.6. The highest BCUT2D eigenvalue weighted by Crippen LogP contribution is 2.02. The van der Waals surface area contributed by atoms with Crippen molar-refractivity contribution in [3.05, 3.63) is 35.6 Å². The van der Waals surface area contributed by atoms with Crippen LogP contribution in [0.3, 0.4) is 0 Å². The molecule has 0 saturated carbocycles. The molecule has 0 atom stereocenters. The van der Waals surface area contributed by atoms with E-state index in [-0.39, 0.29) is 5.56 Å². The van der Waals surface area contributed by atoms with Crippen LogP contribution in [0.15, 0.2) is 24.3 Å². The van der Waals surface area contributed by atoms with Crippen LogP contribution < -0.4 is 16.2 Å². The Kier molecular flexibility index (Phi) is 5.51. The van der Waals surface area contributed by atoms with Gasteiger partial charge in [0.1, 0.15) is 5.82 Å². The molecular formula is C12H16FN3OS. The van der Waals surface area contributed by atoms with Gasteiger partial charge in [0.15, 0.2) is 5.11 Å². The Hall–Kier alpha value is -1.69. The van der Waals surface area contributed by atoms with Gasteiger partial charge in [-0.1, -0.05) is 19.9 Å². The van der Waals surface area contributed by atoms with Crippen molar-refractivity contribution in [2.24, 2.45) is 5.92 Å². The quantitative estimate of drug-likeness (QED) is 0.576. The number of halogens is 1. The molecule has 18 heavy (non-hydrogen) atoms. The zero-order valence-electron chi connectivity index (χ0n) is 10.3. The number of hydrogen-bond acceptors (Lipinski definition) is 2. The Balaban J connectivity index is 2.39. The van der Waals surface area contributed by atoms with Gasteiger partial charge >= 0.3 is 0 Å². The zero-order valence-corrected chi connectivity index (χ0v) is 11.1. The first kappa shape index (κ1) is 14.4. The normalized spacial score (nSPS) is 10.0. The van der Waals surface area contributed by atoms with Crippen LogP contribution in [0.1, 0.15) is 24.2 Å². The second kappa shape index (κ2) is 6.90. The first-order valence-corrected chi connectivity index (χ1v) is 5.99. The van der Waals surface area contributed by atoms with Crippen LogP contribution in [0.4, 0.5) is 4.39 Å². The molecule has 1 aromatic carbocycles. The third-order valence-electron chi connectivity index (χ3n) is 2.05. The van der Waals surface area contributed by atoms with E-state index >= 15 is 0 Å². The predicted molar refractivity (Wildman–Crippen MR) is 72.4 cm³/mol. The van der Waals surface area contributed by atoms with E-state index in [1.807, 2.05) is 13.8 Å². The van der Waals surface area contributed by atoms with Crippen molar-refractivity contribution < 1.29 is 9.18 Å². The van der Waals surface area contributed by atoms with Crippen molar-refractivity contribution >= 4 is 23.2 Å². The molecule has 0 radical (unpaired) electrons. The summed E-state index contributed by atoms with van der Waals surface area (Å²) in [6, 6.07) is 5.42. The molecule has 0 aliphatic rings. The minimum atomic E-state index is -0.455. The zero-order chi connectivity index (χ0) is 13.5. The molecular weight excluding hydrogens is 253 g/mol. The molecule has 4 nitrogen and oxygen atoms in total. The molecule has 0 aliphatic heterocycles. The molecule has 6 heteroatoms. The first-order valence-electron chi connectivity index (χ1n) is 5.59. The molecule has 1 aromatic rings. The SMILES string of the molecule is CC(C)CNC(=S)NNC(=O)c1cccc(F)c1. The van der Waals surface area contributed by atoms with Crippen molar-refractivity contribution in [2.45, 2.75) is 13.8 Å². The van der Waals surface area contributed by atoms with Crippen LogP contribution in [0.2, 0.25) is 0 Å². The Bertz CT molecular complexity index is 437. The van der Waals surface area contributed by atoms with Crippen LogP contribution >= 0.6 is 12.2 Å². The third-order valence-corrected chi connectivity index (χ3v) is 2.29. The van der Waals surface area contributed by atoms with Crippen LogP contribution in [0, 0.1) is 11.7 Å². The molecule has 0 bridgehead atoms. The monoisotopic (exact) mass is 269 g/mol. The molecule has 1 amide bonds. The van der Waals surface area contributed by atoms with Gasteiger partial charge in [0.25, 0.3) is 5.91 Å². The lowest BCUT2D eigenvalue weighted by Crippen LogP contribution is -2.47. The Morgan fingerprint density at radius 2 is 2.11 bits per heavy atom. The molecule has 0 saturated heterocycles. The number of carbonyl (C=O) groups is 1. The summed E-state index contributed by atoms with van der Waals surface area (Å²) in [6.07, 6.45) is 0. The summed E-state index contributed by atoms with van der Waals surface area (Å²) in [7, 11) is 0. The van der Waals surface area contributed by atoms with E-state index < -0.39 is 11.7 Å². The highest BCUT2D eigenvalue weighted by atomic mass is 32.1. The number of hydrazine groups is 1. The van der Waals surface area contributed by atoms with Crippen LogP contribution in [-0.2, 0) is 0 Å². The van der Waals surface area contributed by atoms with Gasteiger partial charge in [-0.05, 0) is 36.3 Å². The number of thiocarbonyl (C=S) groups is 1. The van der Waals surface area contributed by atoms with E-state index in [1.165, 1.54) is 18.2 Å². The topological polar surface area (TPSA) is 53.2 Å². The summed E-state index contributed by atoms with van der Waals surface area (Å²) in [5.74, 6) is -0.449. The van der Waals surface area contributed by atoms with Crippen LogP contribution in [-0.4, -0.2) is 17.6 Å². The van der Waals surface area contributed by atoms with Gasteiger partial charge in [-0.25, -0.2) is 4.39 Å². The van der Waals surface area contributed by atoms with E-state index in [2.05, 4.69) is 16.2 Å². The van der Waals surface area contributed by atoms with Crippen LogP contribution in [0.25, 0.3) is 0 Å². The molecule has 0 aromatic heterocycles. The van der Waals surface area contributed by atoms with Crippen molar-refractivity contribution in [3.8, 4) is 0 Å². The molecule has 0 heterocycles. The van der Waals surface area contributed by atoms with Crippen molar-refractivity contribution in [1.82, 2.24) is 16.2 Å². The number of nitrogens with one attached hydrogen (secondary N) is 3. The van der Waals surface area contributed by atoms with E-state index in [4.69, 9.17) is 12.2 Å². The lowest BCUT2D eigenvalue weighted by atomic mass is 10.2. The molecule has 0 unspecified atom stereocenters. The number of hydrogen-bond donors (Lipinski definition) is 3. The van der Waals surface area contributed by atoms with Gasteiger partial charge in [0, 0.05) is 12.1 Å². The maximum Gasteiger partial charge on any atom is 0.269 e. The summed E-state index contributed by atoms with van der Waals surface area (Å²) >= 11 is 4.96. The van der Waals surface area contributed by atoms with E-state index in [1.54, 1.807) is 0 Å². The molecule has 3 N–H and O–H groups in total. The van der Waals surface area contributed by atoms with Crippen molar-refractivity contribution in [2.75, 3.05) is 6.54 Å². The molecule has 0 aliphatic carbocycles. The maximum atomic E-state index is 12.9. The van der Waals surface area contributed by atoms with Gasteiger partial charge < -0.3 is 5.32 Å². The van der Waals surface area contributed by atoms with Gasteiger partial charge in [0.2, 0.25) is 0 Å². The van der Waals surface area contributed by atoms with E-state index in [9.17, 15) is 9.18 Å². The highest BCUT2D eigenvalue weighted by molar-refractivity contribution is 7.80. The summed E-state index contributed by atoms with van der Waals surface area (Å²) < 4.78 is 12.9. The Morgan fingerprint density at radius 1 is 1.39 bits per heavy atom. The van der Waals surface area contributed by atoms with Gasteiger partial charge in [-0.2, -0.15) is 0 Å². The standard InChI is InChI=1S/C12H16FN3OS/c1-8(2)7-14-12(18)16-15-11(17)9-4-3-5-10(13)6-9/h3-6,8H,7H2,1-2H3,(H,15,17)(H2,14,16,18). The number of rotatable bonds is 3. The predicted octanol–water partition coefficient (Wildman–Crippen LogP) is 1.59. The fourth-order valence-electron chi connectivity index (χ4n) is 1.16. The number of amides is 1. The highest BCUT2D eigenvalue weighted by Gasteiger charge is 2.06. The van der Waals surface area contributed by atoms with Crippen molar-refractivity contribution in [3.63, 3.8) is 0 Å². The average Bonchev–Trinajstić information content (AvgIpc) is 2.33. The van der Waals surface area contributed by atoms with Crippen LogP contribution in [0.5, 0.6) is 0 Å². The fourth-order valence-corrected chi connectivity index (χ4v) is 1.29. The second-order valence-corrected chi connectivity index (χ2v) is 4.60. The Morgan fingerprint density at radius 3 is 2.72 bits per heavy atom. The summed E-state index contributed by atoms with van der Waals surface area (Å²) in [5, 5.41) is 3.26. The van der Waals surface area contributed by atoms with Gasteiger partial charge in [-0.15, -0.1) is 0 Å². The lowest BCUT2D eigenvalue weighted by Gasteiger charge is -2.12. The molecule has 0 spiro atoms. The van der Waals surface area contributed by atoms with E-state index in [0.29, 0.717) is 17.6 Å². The first-order chi connectivity index (χ1) is 8.49. The number of benzene rings is 1. The summed E-state index contributed by atoms with van der Waals surface area (Å²) in [6.45, 7) is 4.80. The van der Waals surface area contributed by atoms with Crippen molar-refractivity contribution in [1.29, 1.82) is 0 Å².